The van der Waals surface area contributed by atoms with Gasteiger partial charge in [-0.2, -0.15) is 5.10 Å². The lowest BCUT2D eigenvalue weighted by atomic mass is 9.99. The Morgan fingerprint density at radius 3 is 1.72 bits per heavy atom. The second-order valence-electron chi connectivity index (χ2n) is 8.17. The summed E-state index contributed by atoms with van der Waals surface area (Å²) in [7, 11) is 8.22. The third kappa shape index (κ3) is 4.82. The van der Waals surface area contributed by atoms with Gasteiger partial charge in [-0.3, -0.25) is 4.68 Å². The molecule has 4 rings (SSSR count). The minimum atomic E-state index is 0.591. The summed E-state index contributed by atoms with van der Waals surface area (Å²) in [6.07, 6.45) is 0.788. The zero-order valence-corrected chi connectivity index (χ0v) is 21.6. The fraction of sp³-hybridized carbons (Fsp3) is 0.276. The Kier molecular flexibility index (Phi) is 7.68. The van der Waals surface area contributed by atoms with E-state index in [0.717, 1.165) is 45.8 Å². The molecule has 0 spiro atoms. The van der Waals surface area contributed by atoms with E-state index < -0.39 is 0 Å². The van der Waals surface area contributed by atoms with Crippen LogP contribution in [-0.4, -0.2) is 45.3 Å². The molecule has 0 unspecified atom stereocenters. The average Bonchev–Trinajstić information content (AvgIpc) is 3.30. The van der Waals surface area contributed by atoms with Gasteiger partial charge in [0.15, 0.2) is 23.0 Å². The van der Waals surface area contributed by atoms with Crippen molar-refractivity contribution in [2.75, 3.05) is 35.5 Å². The number of nitrogens with zero attached hydrogens (tertiary/aromatic N) is 2. The number of hydrogen-bond donors (Lipinski definition) is 0. The van der Waals surface area contributed by atoms with Crippen LogP contribution < -0.4 is 23.7 Å². The first-order valence-electron chi connectivity index (χ1n) is 11.7. The molecule has 0 atom stereocenters. The minimum Gasteiger partial charge on any atom is -0.497 e. The highest BCUT2D eigenvalue weighted by Crippen LogP contribution is 2.39. The van der Waals surface area contributed by atoms with E-state index in [2.05, 4.69) is 19.1 Å². The Morgan fingerprint density at radius 2 is 1.19 bits per heavy atom. The molecule has 7 heteroatoms. The van der Waals surface area contributed by atoms with Crippen LogP contribution in [0.2, 0.25) is 0 Å². The Bertz CT molecular complexity index is 1330. The predicted molar refractivity (Wildman–Crippen MR) is 141 cm³/mol. The summed E-state index contributed by atoms with van der Waals surface area (Å²) < 4.78 is 29.5. The molecule has 1 heterocycles. The molecule has 3 aromatic carbocycles. The zero-order chi connectivity index (χ0) is 25.7. The van der Waals surface area contributed by atoms with Crippen molar-refractivity contribution < 1.29 is 23.7 Å². The highest BCUT2D eigenvalue weighted by molar-refractivity contribution is 5.77. The van der Waals surface area contributed by atoms with Gasteiger partial charge in [-0.25, -0.2) is 0 Å². The molecule has 0 aliphatic rings. The molecule has 188 valence electrons. The van der Waals surface area contributed by atoms with Gasteiger partial charge in [0, 0.05) is 16.7 Å². The molecule has 0 bridgehead atoms. The van der Waals surface area contributed by atoms with Gasteiger partial charge in [0.05, 0.1) is 53.5 Å². The van der Waals surface area contributed by atoms with Crippen molar-refractivity contribution in [3.05, 3.63) is 71.8 Å². The standard InChI is InChI=1S/C29H32N2O5/c1-7-23-28(20-10-14-24(33-3)26(16-20)35-5)30-31(18-19-8-12-22(32-2)13-9-19)29(23)21-11-15-25(34-4)27(17-21)36-6/h8-17H,7,18H2,1-6H3. The summed E-state index contributed by atoms with van der Waals surface area (Å²) in [5.74, 6) is 3.51. The Labute approximate surface area is 212 Å². The Hall–Kier alpha value is -4.13. The van der Waals surface area contributed by atoms with Crippen LogP contribution in [-0.2, 0) is 13.0 Å². The van der Waals surface area contributed by atoms with E-state index in [-0.39, 0.29) is 0 Å². The summed E-state index contributed by atoms with van der Waals surface area (Å²) in [6.45, 7) is 2.73. The SMILES string of the molecule is CCc1c(-c2ccc(OC)c(OC)c2)nn(Cc2ccc(OC)cc2)c1-c1ccc(OC)c(OC)c1. The van der Waals surface area contributed by atoms with E-state index in [0.29, 0.717) is 29.5 Å². The first kappa shape index (κ1) is 25.0. The second kappa shape index (κ2) is 11.1. The van der Waals surface area contributed by atoms with Gasteiger partial charge in [0.25, 0.3) is 0 Å². The van der Waals surface area contributed by atoms with Gasteiger partial charge >= 0.3 is 0 Å². The smallest absolute Gasteiger partial charge is 0.161 e. The molecule has 0 radical (unpaired) electrons. The van der Waals surface area contributed by atoms with Gasteiger partial charge in [-0.15, -0.1) is 0 Å². The fourth-order valence-corrected chi connectivity index (χ4v) is 4.37. The predicted octanol–water partition coefficient (Wildman–Crippen LogP) is 5.87. The Morgan fingerprint density at radius 1 is 0.639 bits per heavy atom. The maximum Gasteiger partial charge on any atom is 0.161 e. The zero-order valence-electron chi connectivity index (χ0n) is 21.6. The summed E-state index contributed by atoms with van der Waals surface area (Å²) in [5, 5.41) is 5.11. The molecule has 0 aliphatic carbocycles. The highest BCUT2D eigenvalue weighted by Gasteiger charge is 2.22. The molecule has 0 amide bonds. The second-order valence-corrected chi connectivity index (χ2v) is 8.17. The number of hydrogen-bond acceptors (Lipinski definition) is 6. The summed E-state index contributed by atoms with van der Waals surface area (Å²) in [5.41, 5.74) is 6.12. The molecular weight excluding hydrogens is 456 g/mol. The molecule has 36 heavy (non-hydrogen) atoms. The van der Waals surface area contributed by atoms with Crippen molar-refractivity contribution in [1.82, 2.24) is 9.78 Å². The van der Waals surface area contributed by atoms with Crippen molar-refractivity contribution in [2.45, 2.75) is 19.9 Å². The quantitative estimate of drug-likeness (QED) is 0.278. The van der Waals surface area contributed by atoms with Crippen LogP contribution in [0.25, 0.3) is 22.5 Å². The molecular formula is C29H32N2O5. The maximum atomic E-state index is 5.60. The number of benzene rings is 3. The van der Waals surface area contributed by atoms with Crippen LogP contribution >= 0.6 is 0 Å². The highest BCUT2D eigenvalue weighted by atomic mass is 16.5. The maximum absolute atomic E-state index is 5.60. The Balaban J connectivity index is 1.91. The third-order valence-electron chi connectivity index (χ3n) is 6.21. The average molecular weight is 489 g/mol. The molecule has 0 fully saturated rings. The van der Waals surface area contributed by atoms with E-state index in [1.54, 1.807) is 35.5 Å². The molecule has 1 aromatic heterocycles. The lowest BCUT2D eigenvalue weighted by molar-refractivity contribution is 0.355. The van der Waals surface area contributed by atoms with Crippen molar-refractivity contribution in [3.63, 3.8) is 0 Å². The topological polar surface area (TPSA) is 64.0 Å². The minimum absolute atomic E-state index is 0.591. The normalized spacial score (nSPS) is 10.7. The summed E-state index contributed by atoms with van der Waals surface area (Å²) >= 11 is 0. The number of rotatable bonds is 10. The fourth-order valence-electron chi connectivity index (χ4n) is 4.37. The molecule has 7 nitrogen and oxygen atoms in total. The van der Waals surface area contributed by atoms with Crippen molar-refractivity contribution in [3.8, 4) is 51.3 Å². The van der Waals surface area contributed by atoms with Gasteiger partial charge in [-0.1, -0.05) is 19.1 Å². The molecule has 0 aliphatic heterocycles. The van der Waals surface area contributed by atoms with Crippen LogP contribution in [0.5, 0.6) is 28.7 Å². The van der Waals surface area contributed by atoms with Crippen LogP contribution in [0.1, 0.15) is 18.1 Å². The van der Waals surface area contributed by atoms with Gasteiger partial charge in [0.2, 0.25) is 0 Å². The molecule has 0 saturated carbocycles. The molecule has 4 aromatic rings. The van der Waals surface area contributed by atoms with Crippen molar-refractivity contribution >= 4 is 0 Å². The first-order valence-corrected chi connectivity index (χ1v) is 11.7. The van der Waals surface area contributed by atoms with Crippen LogP contribution in [0.3, 0.4) is 0 Å². The number of methoxy groups -OCH3 is 5. The monoisotopic (exact) mass is 488 g/mol. The third-order valence-corrected chi connectivity index (χ3v) is 6.21. The number of ether oxygens (including phenoxy) is 5. The van der Waals surface area contributed by atoms with Crippen LogP contribution in [0.15, 0.2) is 60.7 Å². The van der Waals surface area contributed by atoms with Crippen LogP contribution in [0.4, 0.5) is 0 Å². The van der Waals surface area contributed by atoms with Gasteiger partial charge in [0.1, 0.15) is 5.75 Å². The van der Waals surface area contributed by atoms with E-state index in [1.165, 1.54) is 0 Å². The first-order chi connectivity index (χ1) is 17.6. The van der Waals surface area contributed by atoms with Gasteiger partial charge < -0.3 is 23.7 Å². The molecule has 0 N–H and O–H groups in total. The van der Waals surface area contributed by atoms with E-state index in [1.807, 2.05) is 53.2 Å². The summed E-state index contributed by atoms with van der Waals surface area (Å²) in [6, 6.07) is 19.9. The van der Waals surface area contributed by atoms with E-state index in [9.17, 15) is 0 Å². The lowest BCUT2D eigenvalue weighted by Gasteiger charge is -2.13. The number of aromatic nitrogens is 2. The van der Waals surface area contributed by atoms with Crippen LogP contribution in [0, 0.1) is 0 Å². The van der Waals surface area contributed by atoms with E-state index >= 15 is 0 Å². The van der Waals surface area contributed by atoms with E-state index in [4.69, 9.17) is 28.8 Å². The lowest BCUT2D eigenvalue weighted by Crippen LogP contribution is -2.05. The van der Waals surface area contributed by atoms with Crippen molar-refractivity contribution in [2.24, 2.45) is 0 Å². The van der Waals surface area contributed by atoms with Crippen molar-refractivity contribution in [1.29, 1.82) is 0 Å². The largest absolute Gasteiger partial charge is 0.497 e. The molecule has 0 saturated heterocycles. The summed E-state index contributed by atoms with van der Waals surface area (Å²) in [4.78, 5) is 0. The van der Waals surface area contributed by atoms with Gasteiger partial charge in [-0.05, 0) is 60.5 Å².